The van der Waals surface area contributed by atoms with Crippen LogP contribution < -0.4 is 25.0 Å². The topological polar surface area (TPSA) is 87.0 Å². The van der Waals surface area contributed by atoms with E-state index in [9.17, 15) is 9.59 Å². The van der Waals surface area contributed by atoms with Crippen molar-refractivity contribution in [3.05, 3.63) is 119 Å². The smallest absolute Gasteiger partial charge is 0.262 e. The molecule has 0 saturated carbocycles. The molecule has 0 fully saturated rings. The van der Waals surface area contributed by atoms with Gasteiger partial charge in [-0.15, -0.1) is 0 Å². The Balaban J connectivity index is 1.20. The lowest BCUT2D eigenvalue weighted by molar-refractivity contribution is -0.118. The van der Waals surface area contributed by atoms with Crippen molar-refractivity contribution in [1.82, 2.24) is 0 Å². The van der Waals surface area contributed by atoms with Crippen molar-refractivity contribution >= 4 is 22.6 Å². The first-order valence-corrected chi connectivity index (χ1v) is 12.0. The molecule has 38 heavy (non-hydrogen) atoms. The Morgan fingerprint density at radius 2 is 1.53 bits per heavy atom. The number of amides is 1. The van der Waals surface area contributed by atoms with Crippen LogP contribution in [0.3, 0.4) is 0 Å². The zero-order valence-corrected chi connectivity index (χ0v) is 20.9. The molecular weight excluding hydrogens is 482 g/mol. The molecule has 0 bridgehead atoms. The molecule has 0 aliphatic rings. The van der Waals surface area contributed by atoms with Crippen molar-refractivity contribution < 1.29 is 23.4 Å². The molecule has 0 radical (unpaired) electrons. The van der Waals surface area contributed by atoms with Gasteiger partial charge >= 0.3 is 0 Å². The van der Waals surface area contributed by atoms with Gasteiger partial charge in [0.25, 0.3) is 5.91 Å². The van der Waals surface area contributed by atoms with Crippen LogP contribution in [0.2, 0.25) is 0 Å². The van der Waals surface area contributed by atoms with Crippen LogP contribution in [0.1, 0.15) is 11.1 Å². The summed E-state index contributed by atoms with van der Waals surface area (Å²) in [5.74, 6) is 2.14. The third kappa shape index (κ3) is 5.84. The second-order valence-corrected chi connectivity index (χ2v) is 8.73. The van der Waals surface area contributed by atoms with Crippen LogP contribution in [0.15, 0.2) is 106 Å². The molecule has 1 amide bonds. The van der Waals surface area contributed by atoms with Crippen LogP contribution >= 0.6 is 0 Å². The Labute approximate surface area is 219 Å². The van der Waals surface area contributed by atoms with Gasteiger partial charge in [-0.25, -0.2) is 0 Å². The molecule has 0 spiro atoms. The van der Waals surface area contributed by atoms with E-state index in [4.69, 9.17) is 18.6 Å². The standard InChI is InChI=1S/C31H25NO6/c1-20-8-9-21(2)27(16-20)38-29-18-36-28-17-25(14-15-26(28)31(29)34)35-19-30(33)32-22-10-12-24(13-11-22)37-23-6-4-3-5-7-23/h3-18H,19H2,1-2H3,(H,32,33). The second kappa shape index (κ2) is 10.9. The predicted molar refractivity (Wildman–Crippen MR) is 146 cm³/mol. The predicted octanol–water partition coefficient (Wildman–Crippen LogP) is 7.01. The largest absolute Gasteiger partial charge is 0.484 e. The van der Waals surface area contributed by atoms with Crippen molar-refractivity contribution in [3.8, 4) is 28.7 Å². The maximum Gasteiger partial charge on any atom is 0.262 e. The van der Waals surface area contributed by atoms with E-state index >= 15 is 0 Å². The molecule has 5 rings (SSSR count). The van der Waals surface area contributed by atoms with Crippen LogP contribution in [0.25, 0.3) is 11.0 Å². The van der Waals surface area contributed by atoms with Gasteiger partial charge in [0.15, 0.2) is 6.61 Å². The Hall–Kier alpha value is -5.04. The van der Waals surface area contributed by atoms with Gasteiger partial charge in [-0.2, -0.15) is 0 Å². The first-order valence-electron chi connectivity index (χ1n) is 12.0. The number of nitrogens with one attached hydrogen (secondary N) is 1. The van der Waals surface area contributed by atoms with Gasteiger partial charge in [-0.1, -0.05) is 30.3 Å². The van der Waals surface area contributed by atoms with Crippen LogP contribution in [0, 0.1) is 13.8 Å². The Morgan fingerprint density at radius 3 is 2.32 bits per heavy atom. The third-order valence-electron chi connectivity index (χ3n) is 5.76. The molecule has 1 aromatic heterocycles. The summed E-state index contributed by atoms with van der Waals surface area (Å²) in [5, 5.41) is 3.13. The maximum atomic E-state index is 12.9. The van der Waals surface area contributed by atoms with Gasteiger partial charge in [0, 0.05) is 11.8 Å². The minimum Gasteiger partial charge on any atom is -0.484 e. The summed E-state index contributed by atoms with van der Waals surface area (Å²) in [6.45, 7) is 3.65. The van der Waals surface area contributed by atoms with Gasteiger partial charge in [0.2, 0.25) is 11.2 Å². The van der Waals surface area contributed by atoms with E-state index in [1.54, 1.807) is 42.5 Å². The summed E-state index contributed by atoms with van der Waals surface area (Å²) in [5.41, 5.74) is 2.58. The second-order valence-electron chi connectivity index (χ2n) is 8.73. The minimum atomic E-state index is -0.333. The molecule has 5 aromatic rings. The SMILES string of the molecule is Cc1ccc(C)c(Oc2coc3cc(OCC(=O)Nc4ccc(Oc5ccccc5)cc4)ccc3c2=O)c1. The summed E-state index contributed by atoms with van der Waals surface area (Å²) >= 11 is 0. The van der Waals surface area contributed by atoms with Gasteiger partial charge < -0.3 is 23.9 Å². The van der Waals surface area contributed by atoms with Crippen molar-refractivity contribution in [2.45, 2.75) is 13.8 Å². The van der Waals surface area contributed by atoms with E-state index in [1.165, 1.54) is 6.26 Å². The van der Waals surface area contributed by atoms with Crippen molar-refractivity contribution in [1.29, 1.82) is 0 Å². The zero-order chi connectivity index (χ0) is 26.5. The number of carbonyl (C=O) groups excluding carboxylic acids is 1. The lowest BCUT2D eigenvalue weighted by Gasteiger charge is -2.10. The average Bonchev–Trinajstić information content (AvgIpc) is 2.93. The van der Waals surface area contributed by atoms with Crippen molar-refractivity contribution in [2.24, 2.45) is 0 Å². The summed E-state index contributed by atoms with van der Waals surface area (Å²) in [6.07, 6.45) is 1.29. The first kappa shape index (κ1) is 24.6. The summed E-state index contributed by atoms with van der Waals surface area (Å²) in [6, 6.07) is 27.0. The number of rotatable bonds is 8. The molecule has 1 N–H and O–H groups in total. The number of hydrogen-bond acceptors (Lipinski definition) is 6. The molecule has 7 nitrogen and oxygen atoms in total. The van der Waals surface area contributed by atoms with Gasteiger partial charge in [0.1, 0.15) is 34.8 Å². The number of aryl methyl sites for hydroxylation is 2. The molecule has 7 heteroatoms. The highest BCUT2D eigenvalue weighted by Crippen LogP contribution is 2.27. The number of carbonyl (C=O) groups is 1. The van der Waals surface area contributed by atoms with E-state index in [0.29, 0.717) is 33.9 Å². The number of benzene rings is 4. The number of fused-ring (bicyclic) bond motifs is 1. The molecule has 0 aliphatic heterocycles. The molecule has 0 atom stereocenters. The lowest BCUT2D eigenvalue weighted by Crippen LogP contribution is -2.20. The van der Waals surface area contributed by atoms with Gasteiger partial charge in [0.05, 0.1) is 5.39 Å². The van der Waals surface area contributed by atoms with E-state index in [2.05, 4.69) is 5.32 Å². The highest BCUT2D eigenvalue weighted by Gasteiger charge is 2.12. The quantitative estimate of drug-likeness (QED) is 0.243. The van der Waals surface area contributed by atoms with Gasteiger partial charge in [-0.05, 0) is 79.6 Å². The fourth-order valence-electron chi connectivity index (χ4n) is 3.76. The first-order chi connectivity index (χ1) is 18.4. The van der Waals surface area contributed by atoms with E-state index in [1.807, 2.05) is 62.4 Å². The number of hydrogen-bond donors (Lipinski definition) is 1. The van der Waals surface area contributed by atoms with E-state index in [-0.39, 0.29) is 23.7 Å². The highest BCUT2D eigenvalue weighted by atomic mass is 16.5. The highest BCUT2D eigenvalue weighted by molar-refractivity contribution is 5.92. The summed E-state index contributed by atoms with van der Waals surface area (Å²) < 4.78 is 22.9. The van der Waals surface area contributed by atoms with E-state index < -0.39 is 0 Å². The molecular formula is C31H25NO6. The monoisotopic (exact) mass is 507 g/mol. The Kier molecular flexibility index (Phi) is 7.08. The number of para-hydroxylation sites is 1. The zero-order valence-electron chi connectivity index (χ0n) is 20.9. The fraction of sp³-hybridized carbons (Fsp3) is 0.0968. The van der Waals surface area contributed by atoms with Crippen LogP contribution in [0.5, 0.6) is 28.7 Å². The van der Waals surface area contributed by atoms with E-state index in [0.717, 1.165) is 16.9 Å². The van der Waals surface area contributed by atoms with Crippen molar-refractivity contribution in [3.63, 3.8) is 0 Å². The van der Waals surface area contributed by atoms with Crippen LogP contribution in [0.4, 0.5) is 5.69 Å². The molecule has 0 saturated heterocycles. The molecule has 1 heterocycles. The molecule has 0 aliphatic carbocycles. The normalized spacial score (nSPS) is 10.7. The van der Waals surface area contributed by atoms with Gasteiger partial charge in [-0.3, -0.25) is 9.59 Å². The number of ether oxygens (including phenoxy) is 3. The lowest BCUT2D eigenvalue weighted by atomic mass is 10.1. The average molecular weight is 508 g/mol. The van der Waals surface area contributed by atoms with Crippen LogP contribution in [-0.4, -0.2) is 12.5 Å². The third-order valence-corrected chi connectivity index (χ3v) is 5.76. The molecule has 4 aromatic carbocycles. The fourth-order valence-corrected chi connectivity index (χ4v) is 3.76. The summed E-state index contributed by atoms with van der Waals surface area (Å²) in [7, 11) is 0. The summed E-state index contributed by atoms with van der Waals surface area (Å²) in [4.78, 5) is 25.3. The number of anilines is 1. The van der Waals surface area contributed by atoms with Crippen molar-refractivity contribution in [2.75, 3.05) is 11.9 Å². The Bertz CT molecular complexity index is 1640. The molecule has 0 unspecified atom stereocenters. The maximum absolute atomic E-state index is 12.9. The minimum absolute atomic E-state index is 0.0967. The van der Waals surface area contributed by atoms with Crippen LogP contribution in [-0.2, 0) is 4.79 Å². The molecule has 190 valence electrons. The Morgan fingerprint density at radius 1 is 0.789 bits per heavy atom.